The predicted molar refractivity (Wildman–Crippen MR) is 103 cm³/mol. The number of rotatable bonds is 5. The molecule has 7 heteroatoms. The van der Waals surface area contributed by atoms with Crippen molar-refractivity contribution in [3.05, 3.63) is 64.7 Å². The second-order valence-corrected chi connectivity index (χ2v) is 7.08. The van der Waals surface area contributed by atoms with Crippen LogP contribution in [0.4, 0.5) is 5.13 Å². The zero-order valence-electron chi connectivity index (χ0n) is 14.7. The van der Waals surface area contributed by atoms with Crippen molar-refractivity contribution < 1.29 is 19.0 Å². The predicted octanol–water partition coefficient (Wildman–Crippen LogP) is 3.77. The van der Waals surface area contributed by atoms with Gasteiger partial charge in [0.25, 0.3) is 5.91 Å². The lowest BCUT2D eigenvalue weighted by atomic mass is 10.1. The molecule has 1 aromatic heterocycles. The molecule has 0 unspecified atom stereocenters. The zero-order valence-corrected chi connectivity index (χ0v) is 15.5. The number of thiazole rings is 1. The van der Waals surface area contributed by atoms with Gasteiger partial charge in [-0.25, -0.2) is 4.98 Å². The molecule has 3 aromatic rings. The molecule has 0 bridgehead atoms. The Morgan fingerprint density at radius 3 is 2.70 bits per heavy atom. The van der Waals surface area contributed by atoms with Crippen LogP contribution in [0, 0.1) is 0 Å². The van der Waals surface area contributed by atoms with Crippen LogP contribution in [0.15, 0.2) is 48.7 Å². The van der Waals surface area contributed by atoms with Gasteiger partial charge in [0.15, 0.2) is 16.6 Å². The summed E-state index contributed by atoms with van der Waals surface area (Å²) in [6.45, 7) is 1.01. The Morgan fingerprint density at radius 2 is 1.93 bits per heavy atom. The highest BCUT2D eigenvalue weighted by Crippen LogP contribution is 2.31. The summed E-state index contributed by atoms with van der Waals surface area (Å²) < 4.78 is 16.2. The molecule has 0 atom stereocenters. The first-order valence-corrected chi connectivity index (χ1v) is 9.31. The highest BCUT2D eigenvalue weighted by molar-refractivity contribution is 7.15. The lowest BCUT2D eigenvalue weighted by molar-refractivity contribution is 0.102. The number of anilines is 1. The Kier molecular flexibility index (Phi) is 4.93. The molecule has 0 fully saturated rings. The number of fused-ring (bicyclic) bond motifs is 1. The molecule has 1 aliphatic rings. The second-order valence-electron chi connectivity index (χ2n) is 5.97. The summed E-state index contributed by atoms with van der Waals surface area (Å²) in [7, 11) is 1.65. The number of benzene rings is 2. The number of hydrogen-bond acceptors (Lipinski definition) is 6. The summed E-state index contributed by atoms with van der Waals surface area (Å²) in [5, 5.41) is 3.41. The lowest BCUT2D eigenvalue weighted by Gasteiger charge is -2.18. The van der Waals surface area contributed by atoms with Gasteiger partial charge in [-0.15, -0.1) is 11.3 Å². The standard InChI is InChI=1S/C20H18N2O4S/c1-24-15-5-2-13(3-6-15)10-16-12-21-20(27-16)22-19(23)14-4-7-17-18(11-14)26-9-8-25-17/h2-7,11-12H,8-10H2,1H3,(H,21,22,23). The average Bonchev–Trinajstić information content (AvgIpc) is 3.15. The molecule has 0 aliphatic carbocycles. The van der Waals surface area contributed by atoms with Crippen molar-refractivity contribution in [1.82, 2.24) is 4.98 Å². The summed E-state index contributed by atoms with van der Waals surface area (Å²) in [5.41, 5.74) is 1.66. The van der Waals surface area contributed by atoms with E-state index in [1.54, 1.807) is 31.5 Å². The van der Waals surface area contributed by atoms with Crippen molar-refractivity contribution in [2.45, 2.75) is 6.42 Å². The van der Waals surface area contributed by atoms with Gasteiger partial charge in [-0.05, 0) is 35.9 Å². The molecular formula is C20H18N2O4S. The molecule has 0 saturated heterocycles. The summed E-state index contributed by atoms with van der Waals surface area (Å²) >= 11 is 1.46. The van der Waals surface area contributed by atoms with Gasteiger partial charge in [-0.3, -0.25) is 10.1 Å². The largest absolute Gasteiger partial charge is 0.497 e. The van der Waals surface area contributed by atoms with Gasteiger partial charge in [0, 0.05) is 23.1 Å². The minimum atomic E-state index is -0.225. The Morgan fingerprint density at radius 1 is 1.15 bits per heavy atom. The first kappa shape index (κ1) is 17.4. The Labute approximate surface area is 160 Å². The number of carbonyl (C=O) groups excluding carboxylic acids is 1. The van der Waals surface area contributed by atoms with Crippen LogP contribution in [0.5, 0.6) is 17.2 Å². The van der Waals surface area contributed by atoms with E-state index in [0.717, 1.165) is 22.6 Å². The molecule has 1 amide bonds. The second kappa shape index (κ2) is 7.67. The molecule has 4 rings (SSSR count). The number of amides is 1. The van der Waals surface area contributed by atoms with Gasteiger partial charge in [-0.1, -0.05) is 12.1 Å². The Hall–Kier alpha value is -3.06. The first-order chi connectivity index (χ1) is 13.2. The minimum absolute atomic E-state index is 0.225. The van der Waals surface area contributed by atoms with Crippen LogP contribution >= 0.6 is 11.3 Å². The number of ether oxygens (including phenoxy) is 3. The van der Waals surface area contributed by atoms with Gasteiger partial charge >= 0.3 is 0 Å². The van der Waals surface area contributed by atoms with Gasteiger partial charge in [0.2, 0.25) is 0 Å². The fourth-order valence-electron chi connectivity index (χ4n) is 2.75. The SMILES string of the molecule is COc1ccc(Cc2cnc(NC(=O)c3ccc4c(c3)OCCO4)s2)cc1. The maximum atomic E-state index is 12.5. The molecule has 1 N–H and O–H groups in total. The summed E-state index contributed by atoms with van der Waals surface area (Å²) in [4.78, 5) is 17.9. The quantitative estimate of drug-likeness (QED) is 0.727. The number of nitrogens with zero attached hydrogens (tertiary/aromatic N) is 1. The molecule has 1 aliphatic heterocycles. The van der Waals surface area contributed by atoms with E-state index in [-0.39, 0.29) is 5.91 Å². The van der Waals surface area contributed by atoms with Crippen molar-refractivity contribution in [3.63, 3.8) is 0 Å². The maximum absolute atomic E-state index is 12.5. The topological polar surface area (TPSA) is 69.7 Å². The lowest BCUT2D eigenvalue weighted by Crippen LogP contribution is -2.17. The van der Waals surface area contributed by atoms with E-state index in [1.807, 2.05) is 24.3 Å². The van der Waals surface area contributed by atoms with E-state index in [9.17, 15) is 4.79 Å². The van der Waals surface area contributed by atoms with Crippen molar-refractivity contribution in [2.75, 3.05) is 25.6 Å². The van der Waals surface area contributed by atoms with E-state index in [1.165, 1.54) is 11.3 Å². The molecule has 2 aromatic carbocycles. The molecule has 6 nitrogen and oxygen atoms in total. The van der Waals surface area contributed by atoms with Crippen molar-refractivity contribution in [2.24, 2.45) is 0 Å². The molecular weight excluding hydrogens is 364 g/mol. The van der Waals surface area contributed by atoms with Gasteiger partial charge in [0.05, 0.1) is 7.11 Å². The van der Waals surface area contributed by atoms with Crippen LogP contribution in [-0.4, -0.2) is 31.2 Å². The maximum Gasteiger partial charge on any atom is 0.257 e. The Bertz CT molecular complexity index is 953. The smallest absolute Gasteiger partial charge is 0.257 e. The van der Waals surface area contributed by atoms with Crippen LogP contribution in [0.1, 0.15) is 20.8 Å². The monoisotopic (exact) mass is 382 g/mol. The third-order valence-electron chi connectivity index (χ3n) is 4.12. The summed E-state index contributed by atoms with van der Waals surface area (Å²) in [6, 6.07) is 13.1. The number of hydrogen-bond donors (Lipinski definition) is 1. The average molecular weight is 382 g/mol. The third kappa shape index (κ3) is 4.03. The highest BCUT2D eigenvalue weighted by Gasteiger charge is 2.16. The normalized spacial score (nSPS) is 12.5. The number of carbonyl (C=O) groups is 1. The van der Waals surface area contributed by atoms with E-state index < -0.39 is 0 Å². The number of nitrogens with one attached hydrogen (secondary N) is 1. The molecule has 2 heterocycles. The highest BCUT2D eigenvalue weighted by atomic mass is 32.1. The van der Waals surface area contributed by atoms with Crippen molar-refractivity contribution in [1.29, 1.82) is 0 Å². The molecule has 138 valence electrons. The summed E-state index contributed by atoms with van der Waals surface area (Å²) in [6.07, 6.45) is 2.54. The minimum Gasteiger partial charge on any atom is -0.497 e. The number of methoxy groups -OCH3 is 1. The van der Waals surface area contributed by atoms with Crippen LogP contribution in [-0.2, 0) is 6.42 Å². The van der Waals surface area contributed by atoms with Gasteiger partial charge < -0.3 is 14.2 Å². The Balaban J connectivity index is 1.41. The fraction of sp³-hybridized carbons (Fsp3) is 0.200. The van der Waals surface area contributed by atoms with Crippen LogP contribution in [0.25, 0.3) is 0 Å². The molecule has 0 radical (unpaired) electrons. The first-order valence-electron chi connectivity index (χ1n) is 8.50. The fourth-order valence-corrected chi connectivity index (χ4v) is 3.59. The molecule has 27 heavy (non-hydrogen) atoms. The molecule has 0 saturated carbocycles. The van der Waals surface area contributed by atoms with Gasteiger partial charge in [-0.2, -0.15) is 0 Å². The van der Waals surface area contributed by atoms with Crippen LogP contribution in [0.2, 0.25) is 0 Å². The third-order valence-corrected chi connectivity index (χ3v) is 5.03. The molecule has 0 spiro atoms. The van der Waals surface area contributed by atoms with Gasteiger partial charge in [0.1, 0.15) is 19.0 Å². The van der Waals surface area contributed by atoms with Crippen molar-refractivity contribution in [3.8, 4) is 17.2 Å². The van der Waals surface area contributed by atoms with E-state index in [0.29, 0.717) is 35.4 Å². The van der Waals surface area contributed by atoms with E-state index in [4.69, 9.17) is 14.2 Å². The van der Waals surface area contributed by atoms with Crippen LogP contribution < -0.4 is 19.5 Å². The van der Waals surface area contributed by atoms with Crippen LogP contribution in [0.3, 0.4) is 0 Å². The summed E-state index contributed by atoms with van der Waals surface area (Å²) in [5.74, 6) is 1.86. The number of aromatic nitrogens is 1. The van der Waals surface area contributed by atoms with Crippen molar-refractivity contribution >= 4 is 22.4 Å². The van der Waals surface area contributed by atoms with E-state index >= 15 is 0 Å². The van der Waals surface area contributed by atoms with E-state index in [2.05, 4.69) is 10.3 Å². The zero-order chi connectivity index (χ0) is 18.6.